The zero-order valence-corrected chi connectivity index (χ0v) is 11.9. The standard InChI is InChI=1S/C16H20FN3O/c17-13-3-5-14(6-4-13)20-9-7-19(8-10-20)12-15(18)16-2-1-11-21-16/h1-6,11,15H,7-10,12,18H2. The Kier molecular flexibility index (Phi) is 4.22. The van der Waals surface area contributed by atoms with Gasteiger partial charge in [-0.25, -0.2) is 4.39 Å². The summed E-state index contributed by atoms with van der Waals surface area (Å²) in [5.41, 5.74) is 7.22. The molecule has 0 radical (unpaired) electrons. The van der Waals surface area contributed by atoms with Crippen LogP contribution in [0.4, 0.5) is 10.1 Å². The second kappa shape index (κ2) is 6.28. The van der Waals surface area contributed by atoms with E-state index >= 15 is 0 Å². The SMILES string of the molecule is NC(CN1CCN(c2ccc(F)cc2)CC1)c1ccco1. The van der Waals surface area contributed by atoms with Gasteiger partial charge in [0, 0.05) is 38.4 Å². The lowest BCUT2D eigenvalue weighted by molar-refractivity contribution is 0.234. The number of hydrogen-bond donors (Lipinski definition) is 1. The van der Waals surface area contributed by atoms with Crippen LogP contribution in [0.5, 0.6) is 0 Å². The molecule has 112 valence electrons. The molecular formula is C16H20FN3O. The highest BCUT2D eigenvalue weighted by Crippen LogP contribution is 2.18. The summed E-state index contributed by atoms with van der Waals surface area (Å²) in [5.74, 6) is 0.637. The van der Waals surface area contributed by atoms with Gasteiger partial charge in [-0.15, -0.1) is 0 Å². The molecule has 1 aromatic heterocycles. The number of furan rings is 1. The van der Waals surface area contributed by atoms with Gasteiger partial charge in [0.2, 0.25) is 0 Å². The molecule has 0 aliphatic carbocycles. The smallest absolute Gasteiger partial charge is 0.123 e. The Morgan fingerprint density at radius 3 is 2.43 bits per heavy atom. The van der Waals surface area contributed by atoms with Gasteiger partial charge in [-0.05, 0) is 36.4 Å². The Balaban J connectivity index is 1.52. The lowest BCUT2D eigenvalue weighted by atomic mass is 10.2. The molecule has 0 bridgehead atoms. The minimum atomic E-state index is -0.193. The van der Waals surface area contributed by atoms with Crippen LogP contribution in [0.25, 0.3) is 0 Å². The number of nitrogens with two attached hydrogens (primary N) is 1. The van der Waals surface area contributed by atoms with Crippen molar-refractivity contribution in [2.45, 2.75) is 6.04 Å². The predicted molar refractivity (Wildman–Crippen MR) is 80.7 cm³/mol. The first-order valence-electron chi connectivity index (χ1n) is 7.24. The van der Waals surface area contributed by atoms with Crippen LogP contribution in [0.3, 0.4) is 0 Å². The van der Waals surface area contributed by atoms with E-state index in [4.69, 9.17) is 10.2 Å². The average Bonchev–Trinajstić information content (AvgIpc) is 3.03. The van der Waals surface area contributed by atoms with Crippen molar-refractivity contribution < 1.29 is 8.81 Å². The highest BCUT2D eigenvalue weighted by Gasteiger charge is 2.20. The molecule has 21 heavy (non-hydrogen) atoms. The van der Waals surface area contributed by atoms with Crippen LogP contribution in [0.2, 0.25) is 0 Å². The molecule has 2 heterocycles. The van der Waals surface area contributed by atoms with E-state index in [0.717, 1.165) is 44.2 Å². The third-order valence-corrected chi connectivity index (χ3v) is 3.93. The Morgan fingerprint density at radius 2 is 1.81 bits per heavy atom. The Bertz CT molecular complexity index is 547. The number of halogens is 1. The first-order chi connectivity index (χ1) is 10.2. The fourth-order valence-electron chi connectivity index (χ4n) is 2.71. The molecule has 4 nitrogen and oxygen atoms in total. The topological polar surface area (TPSA) is 45.6 Å². The average molecular weight is 289 g/mol. The van der Waals surface area contributed by atoms with Crippen LogP contribution in [-0.4, -0.2) is 37.6 Å². The molecule has 0 amide bonds. The zero-order valence-electron chi connectivity index (χ0n) is 11.9. The quantitative estimate of drug-likeness (QED) is 0.937. The summed E-state index contributed by atoms with van der Waals surface area (Å²) in [4.78, 5) is 4.61. The van der Waals surface area contributed by atoms with E-state index in [1.54, 1.807) is 6.26 Å². The first kappa shape index (κ1) is 14.1. The lowest BCUT2D eigenvalue weighted by Gasteiger charge is -2.36. The molecule has 0 spiro atoms. The summed E-state index contributed by atoms with van der Waals surface area (Å²) in [5, 5.41) is 0. The van der Waals surface area contributed by atoms with E-state index in [1.165, 1.54) is 12.1 Å². The van der Waals surface area contributed by atoms with Crippen molar-refractivity contribution in [3.8, 4) is 0 Å². The Hall–Kier alpha value is -1.85. The molecule has 1 aromatic carbocycles. The monoisotopic (exact) mass is 289 g/mol. The van der Waals surface area contributed by atoms with E-state index in [-0.39, 0.29) is 11.9 Å². The van der Waals surface area contributed by atoms with Crippen LogP contribution in [0.15, 0.2) is 47.1 Å². The number of hydrogen-bond acceptors (Lipinski definition) is 4. The maximum absolute atomic E-state index is 12.9. The van der Waals surface area contributed by atoms with Crippen molar-refractivity contribution in [3.05, 3.63) is 54.2 Å². The van der Waals surface area contributed by atoms with Crippen molar-refractivity contribution >= 4 is 5.69 Å². The molecule has 1 unspecified atom stereocenters. The maximum Gasteiger partial charge on any atom is 0.123 e. The summed E-state index contributed by atoms with van der Waals surface area (Å²) in [7, 11) is 0. The van der Waals surface area contributed by atoms with E-state index < -0.39 is 0 Å². The molecule has 1 aliphatic rings. The fraction of sp³-hybridized carbons (Fsp3) is 0.375. The van der Waals surface area contributed by atoms with Gasteiger partial charge in [-0.1, -0.05) is 0 Å². The normalized spacial score (nSPS) is 17.9. The second-order valence-electron chi connectivity index (χ2n) is 5.39. The largest absolute Gasteiger partial charge is 0.468 e. The molecule has 1 saturated heterocycles. The molecule has 2 N–H and O–H groups in total. The molecule has 2 aromatic rings. The molecule has 1 aliphatic heterocycles. The van der Waals surface area contributed by atoms with E-state index in [0.29, 0.717) is 0 Å². The number of anilines is 1. The third-order valence-electron chi connectivity index (χ3n) is 3.93. The number of nitrogens with zero attached hydrogens (tertiary/aromatic N) is 2. The van der Waals surface area contributed by atoms with Crippen molar-refractivity contribution in [1.29, 1.82) is 0 Å². The molecule has 1 fully saturated rings. The minimum Gasteiger partial charge on any atom is -0.468 e. The molecule has 5 heteroatoms. The van der Waals surface area contributed by atoms with Gasteiger partial charge in [0.15, 0.2) is 0 Å². The number of rotatable bonds is 4. The van der Waals surface area contributed by atoms with Gasteiger partial charge in [-0.2, -0.15) is 0 Å². The summed E-state index contributed by atoms with van der Waals surface area (Å²) in [6, 6.07) is 10.4. The molecule has 3 rings (SSSR count). The predicted octanol–water partition coefficient (Wildman–Crippen LogP) is 2.24. The van der Waals surface area contributed by atoms with Crippen LogP contribution < -0.4 is 10.6 Å². The van der Waals surface area contributed by atoms with Crippen LogP contribution >= 0.6 is 0 Å². The van der Waals surface area contributed by atoms with E-state index in [9.17, 15) is 4.39 Å². The van der Waals surface area contributed by atoms with E-state index in [1.807, 2.05) is 24.3 Å². The molecular weight excluding hydrogens is 269 g/mol. The summed E-state index contributed by atoms with van der Waals surface area (Å²) in [6.45, 7) is 4.55. The van der Waals surface area contributed by atoms with Crippen molar-refractivity contribution in [2.75, 3.05) is 37.6 Å². The third kappa shape index (κ3) is 3.43. The van der Waals surface area contributed by atoms with Crippen molar-refractivity contribution in [1.82, 2.24) is 4.90 Å². The second-order valence-corrected chi connectivity index (χ2v) is 5.39. The van der Waals surface area contributed by atoms with Gasteiger partial charge in [0.05, 0.1) is 12.3 Å². The zero-order chi connectivity index (χ0) is 14.7. The Morgan fingerprint density at radius 1 is 1.10 bits per heavy atom. The fourth-order valence-corrected chi connectivity index (χ4v) is 2.71. The van der Waals surface area contributed by atoms with Gasteiger partial charge in [-0.3, -0.25) is 4.90 Å². The van der Waals surface area contributed by atoms with Crippen molar-refractivity contribution in [2.24, 2.45) is 5.73 Å². The van der Waals surface area contributed by atoms with Crippen LogP contribution in [0.1, 0.15) is 11.8 Å². The van der Waals surface area contributed by atoms with Crippen molar-refractivity contribution in [3.63, 3.8) is 0 Å². The summed E-state index contributed by atoms with van der Waals surface area (Å²) in [6.07, 6.45) is 1.65. The van der Waals surface area contributed by atoms with Crippen LogP contribution in [0, 0.1) is 5.82 Å². The molecule has 0 saturated carbocycles. The van der Waals surface area contributed by atoms with Crippen LogP contribution in [-0.2, 0) is 0 Å². The minimum absolute atomic E-state index is 0.0858. The Labute approximate surface area is 123 Å². The molecule has 1 atom stereocenters. The van der Waals surface area contributed by atoms with Gasteiger partial charge < -0.3 is 15.1 Å². The number of piperazine rings is 1. The summed E-state index contributed by atoms with van der Waals surface area (Å²) >= 11 is 0. The van der Waals surface area contributed by atoms with Gasteiger partial charge >= 0.3 is 0 Å². The first-order valence-corrected chi connectivity index (χ1v) is 7.24. The van der Waals surface area contributed by atoms with Gasteiger partial charge in [0.1, 0.15) is 11.6 Å². The van der Waals surface area contributed by atoms with Gasteiger partial charge in [0.25, 0.3) is 0 Å². The lowest BCUT2D eigenvalue weighted by Crippen LogP contribution is -2.48. The highest BCUT2D eigenvalue weighted by molar-refractivity contribution is 5.46. The highest BCUT2D eigenvalue weighted by atomic mass is 19.1. The number of benzene rings is 1. The maximum atomic E-state index is 12.9. The van der Waals surface area contributed by atoms with E-state index in [2.05, 4.69) is 9.80 Å². The summed E-state index contributed by atoms with van der Waals surface area (Å²) < 4.78 is 18.3.